The van der Waals surface area contributed by atoms with Crippen molar-refractivity contribution < 1.29 is 14.1 Å². The van der Waals surface area contributed by atoms with Crippen LogP contribution in [-0.4, -0.2) is 46.0 Å². The van der Waals surface area contributed by atoms with Crippen LogP contribution in [-0.2, 0) is 9.59 Å². The maximum atomic E-state index is 12.6. The first-order valence-electron chi connectivity index (χ1n) is 9.37. The van der Waals surface area contributed by atoms with Gasteiger partial charge in [-0.15, -0.1) is 0 Å². The normalized spacial score (nSPS) is 16.5. The van der Waals surface area contributed by atoms with E-state index in [1.54, 1.807) is 25.1 Å². The standard InChI is InChI=1S/C19H24ClN5O3/c1-3-15(19(27)23-17-10-12(2)28-24-17)25-8-6-13(7-9-25)18(26)22-16-5-4-14(20)11-21-16/h4-5,10-11,13,15H,3,6-9H2,1-2H3,(H,21,22,26)(H,23,24,27). The summed E-state index contributed by atoms with van der Waals surface area (Å²) >= 11 is 5.81. The Balaban J connectivity index is 1.51. The van der Waals surface area contributed by atoms with Crippen molar-refractivity contribution in [3.05, 3.63) is 35.2 Å². The largest absolute Gasteiger partial charge is 0.360 e. The number of hydrogen-bond acceptors (Lipinski definition) is 6. The summed E-state index contributed by atoms with van der Waals surface area (Å²) in [5.74, 6) is 1.29. The average Bonchev–Trinajstić information content (AvgIpc) is 3.09. The fraction of sp³-hybridized carbons (Fsp3) is 0.474. The molecule has 0 aliphatic carbocycles. The quantitative estimate of drug-likeness (QED) is 0.765. The van der Waals surface area contributed by atoms with Gasteiger partial charge in [0.25, 0.3) is 0 Å². The molecule has 3 rings (SSSR count). The van der Waals surface area contributed by atoms with Crippen molar-refractivity contribution in [1.82, 2.24) is 15.0 Å². The van der Waals surface area contributed by atoms with Gasteiger partial charge in [0.15, 0.2) is 5.82 Å². The molecule has 1 fully saturated rings. The minimum atomic E-state index is -0.265. The van der Waals surface area contributed by atoms with Gasteiger partial charge in [0.2, 0.25) is 11.8 Å². The molecule has 2 aromatic heterocycles. The minimum absolute atomic E-state index is 0.0509. The summed E-state index contributed by atoms with van der Waals surface area (Å²) in [4.78, 5) is 31.3. The van der Waals surface area contributed by atoms with Gasteiger partial charge in [0.05, 0.1) is 11.1 Å². The number of aromatic nitrogens is 2. The highest BCUT2D eigenvalue weighted by atomic mass is 35.5. The molecule has 0 bridgehead atoms. The highest BCUT2D eigenvalue weighted by Gasteiger charge is 2.31. The van der Waals surface area contributed by atoms with Gasteiger partial charge in [-0.1, -0.05) is 23.7 Å². The second kappa shape index (κ2) is 9.16. The number of rotatable bonds is 6. The number of halogens is 1. The third-order valence-corrected chi connectivity index (χ3v) is 5.11. The molecule has 3 heterocycles. The lowest BCUT2D eigenvalue weighted by Gasteiger charge is -2.35. The minimum Gasteiger partial charge on any atom is -0.360 e. The number of nitrogens with one attached hydrogen (secondary N) is 2. The van der Waals surface area contributed by atoms with Gasteiger partial charge < -0.3 is 15.2 Å². The van der Waals surface area contributed by atoms with Gasteiger partial charge in [-0.25, -0.2) is 4.98 Å². The smallest absolute Gasteiger partial charge is 0.242 e. The van der Waals surface area contributed by atoms with Crippen molar-refractivity contribution in [3.8, 4) is 0 Å². The van der Waals surface area contributed by atoms with Crippen molar-refractivity contribution >= 4 is 35.1 Å². The Bertz CT molecular complexity index is 815. The summed E-state index contributed by atoms with van der Waals surface area (Å²) < 4.78 is 4.98. The highest BCUT2D eigenvalue weighted by Crippen LogP contribution is 2.22. The second-order valence-corrected chi connectivity index (χ2v) is 7.33. The number of amides is 2. The monoisotopic (exact) mass is 405 g/mol. The Morgan fingerprint density at radius 3 is 2.61 bits per heavy atom. The van der Waals surface area contributed by atoms with Crippen molar-refractivity contribution in [1.29, 1.82) is 0 Å². The van der Waals surface area contributed by atoms with Crippen LogP contribution in [0.3, 0.4) is 0 Å². The van der Waals surface area contributed by atoms with Crippen LogP contribution < -0.4 is 10.6 Å². The summed E-state index contributed by atoms with van der Waals surface area (Å²) in [5, 5.41) is 9.96. The van der Waals surface area contributed by atoms with Crippen molar-refractivity contribution in [2.75, 3.05) is 23.7 Å². The van der Waals surface area contributed by atoms with Gasteiger partial charge in [0, 0.05) is 18.2 Å². The molecule has 0 spiro atoms. The van der Waals surface area contributed by atoms with Crippen LogP contribution in [0.4, 0.5) is 11.6 Å². The lowest BCUT2D eigenvalue weighted by atomic mass is 9.94. The van der Waals surface area contributed by atoms with Crippen LogP contribution in [0, 0.1) is 12.8 Å². The summed E-state index contributed by atoms with van der Waals surface area (Å²) in [6.07, 6.45) is 3.55. The van der Waals surface area contributed by atoms with Crippen LogP contribution in [0.1, 0.15) is 31.9 Å². The molecule has 1 aliphatic rings. The van der Waals surface area contributed by atoms with E-state index in [0.29, 0.717) is 54.8 Å². The Morgan fingerprint density at radius 1 is 1.29 bits per heavy atom. The van der Waals surface area contributed by atoms with E-state index in [2.05, 4.69) is 25.7 Å². The van der Waals surface area contributed by atoms with Gasteiger partial charge >= 0.3 is 0 Å². The summed E-state index contributed by atoms with van der Waals surface area (Å²) in [7, 11) is 0. The van der Waals surface area contributed by atoms with Gasteiger partial charge in [-0.2, -0.15) is 0 Å². The molecule has 2 amide bonds. The SMILES string of the molecule is CCC(C(=O)Nc1cc(C)on1)N1CCC(C(=O)Nc2ccc(Cl)cn2)CC1. The molecule has 2 N–H and O–H groups in total. The van der Waals surface area contributed by atoms with Crippen LogP contribution >= 0.6 is 11.6 Å². The molecule has 9 heteroatoms. The lowest BCUT2D eigenvalue weighted by Crippen LogP contribution is -2.48. The number of pyridine rings is 1. The molecular weight excluding hydrogens is 382 g/mol. The van der Waals surface area contributed by atoms with Gasteiger partial charge in [-0.3, -0.25) is 14.5 Å². The predicted octanol–water partition coefficient (Wildman–Crippen LogP) is 3.10. The van der Waals surface area contributed by atoms with Crippen molar-refractivity contribution in [2.24, 2.45) is 5.92 Å². The zero-order chi connectivity index (χ0) is 20.1. The van der Waals surface area contributed by atoms with E-state index >= 15 is 0 Å². The van der Waals surface area contributed by atoms with Crippen molar-refractivity contribution in [3.63, 3.8) is 0 Å². The molecule has 0 saturated carbocycles. The summed E-state index contributed by atoms with van der Waals surface area (Å²) in [6.45, 7) is 5.10. The maximum Gasteiger partial charge on any atom is 0.242 e. The fourth-order valence-corrected chi connectivity index (χ4v) is 3.51. The molecule has 28 heavy (non-hydrogen) atoms. The molecule has 150 valence electrons. The summed E-state index contributed by atoms with van der Waals surface area (Å²) in [6, 6.07) is 4.79. The van der Waals surface area contributed by atoms with E-state index in [9.17, 15) is 9.59 Å². The van der Waals surface area contributed by atoms with E-state index in [4.69, 9.17) is 16.1 Å². The number of anilines is 2. The zero-order valence-corrected chi connectivity index (χ0v) is 16.7. The first-order chi connectivity index (χ1) is 13.5. The van der Waals surface area contributed by atoms with E-state index in [-0.39, 0.29) is 23.8 Å². The van der Waals surface area contributed by atoms with E-state index in [0.717, 1.165) is 0 Å². The first kappa shape index (κ1) is 20.3. The Kier molecular flexibility index (Phi) is 6.64. The van der Waals surface area contributed by atoms with E-state index < -0.39 is 0 Å². The van der Waals surface area contributed by atoms with Crippen LogP contribution in [0.5, 0.6) is 0 Å². The number of carbonyl (C=O) groups is 2. The predicted molar refractivity (Wildman–Crippen MR) is 106 cm³/mol. The van der Waals surface area contributed by atoms with Crippen molar-refractivity contribution in [2.45, 2.75) is 39.2 Å². The van der Waals surface area contributed by atoms with Crippen LogP contribution in [0.15, 0.2) is 28.9 Å². The third-order valence-electron chi connectivity index (χ3n) is 4.89. The number of hydrogen-bond donors (Lipinski definition) is 2. The topological polar surface area (TPSA) is 100 Å². The molecular formula is C19H24ClN5O3. The van der Waals surface area contributed by atoms with E-state index in [1.165, 1.54) is 6.20 Å². The molecule has 1 atom stereocenters. The number of aryl methyl sites for hydroxylation is 1. The zero-order valence-electron chi connectivity index (χ0n) is 15.9. The molecule has 1 saturated heterocycles. The number of nitrogens with zero attached hydrogens (tertiary/aromatic N) is 3. The Labute approximate surface area is 168 Å². The van der Waals surface area contributed by atoms with Gasteiger partial charge in [-0.05, 0) is 51.4 Å². The highest BCUT2D eigenvalue weighted by molar-refractivity contribution is 6.30. The lowest BCUT2D eigenvalue weighted by molar-refractivity contribution is -0.123. The molecule has 0 aromatic carbocycles. The molecule has 1 aliphatic heterocycles. The molecule has 0 radical (unpaired) electrons. The Hall–Kier alpha value is -2.45. The Morgan fingerprint density at radius 2 is 2.04 bits per heavy atom. The summed E-state index contributed by atoms with van der Waals surface area (Å²) in [5.41, 5.74) is 0. The maximum absolute atomic E-state index is 12.6. The van der Waals surface area contributed by atoms with Gasteiger partial charge in [0.1, 0.15) is 11.6 Å². The number of carbonyl (C=O) groups excluding carboxylic acids is 2. The fourth-order valence-electron chi connectivity index (χ4n) is 3.40. The van der Waals surface area contributed by atoms with E-state index in [1.807, 2.05) is 6.92 Å². The molecule has 1 unspecified atom stereocenters. The average molecular weight is 406 g/mol. The second-order valence-electron chi connectivity index (χ2n) is 6.90. The number of likely N-dealkylation sites (tertiary alicyclic amines) is 1. The van der Waals surface area contributed by atoms with Crippen LogP contribution in [0.2, 0.25) is 5.02 Å². The number of piperidine rings is 1. The molecule has 2 aromatic rings. The third kappa shape index (κ3) is 5.08. The molecule has 8 nitrogen and oxygen atoms in total. The van der Waals surface area contributed by atoms with Crippen LogP contribution in [0.25, 0.3) is 0 Å². The first-order valence-corrected chi connectivity index (χ1v) is 9.74.